The summed E-state index contributed by atoms with van der Waals surface area (Å²) < 4.78 is 30.8. The first-order valence-corrected chi connectivity index (χ1v) is 19.2. The first kappa shape index (κ1) is 51.5. The lowest BCUT2D eigenvalue weighted by molar-refractivity contribution is -0.143. The topological polar surface area (TPSA) is 154 Å². The summed E-state index contributed by atoms with van der Waals surface area (Å²) in [5.41, 5.74) is 5.01. The Morgan fingerprint density at radius 2 is 1.42 bits per heavy atom. The van der Waals surface area contributed by atoms with Crippen LogP contribution in [-0.2, 0) is 52.8 Å². The number of carbonyl (C=O) groups excluding carboxylic acids is 3. The molecule has 318 valence electrons. The van der Waals surface area contributed by atoms with E-state index >= 15 is 0 Å². The molecule has 0 spiro atoms. The number of ether oxygens (including phenoxy) is 3. The van der Waals surface area contributed by atoms with Gasteiger partial charge in [0.05, 0.1) is 28.3 Å². The summed E-state index contributed by atoms with van der Waals surface area (Å²) in [6.45, 7) is 13.0. The monoisotopic (exact) mass is 898 g/mol. The van der Waals surface area contributed by atoms with E-state index in [0.717, 1.165) is 59.7 Å². The van der Waals surface area contributed by atoms with Gasteiger partial charge in [0.15, 0.2) is 0 Å². The van der Waals surface area contributed by atoms with Crippen LogP contribution in [0.25, 0.3) is 27.6 Å². The molecule has 0 radical (unpaired) electrons. The molecule has 5 aromatic rings. The van der Waals surface area contributed by atoms with Crippen molar-refractivity contribution < 1.29 is 44.3 Å². The second-order valence-electron chi connectivity index (χ2n) is 11.7. The molecule has 11 nitrogen and oxygen atoms in total. The maximum Gasteiger partial charge on any atom is 0.330 e. The Morgan fingerprint density at radius 3 is 2.00 bits per heavy atom. The minimum Gasteiger partial charge on any atom is -0.481 e. The van der Waals surface area contributed by atoms with Gasteiger partial charge >= 0.3 is 17.9 Å². The standard InChI is InChI=1S/C14H19NO2.C14H13NO2.C9H6BrN.C5H8O2.C2H4O2.CH3F.ClH/c2*1-2-17-14(16)6-4-11-3-5-13-10-15-8-7-12(13)9-11;10-9-2-1-8-6-11-4-3-7(8)5-9;1-3-5(6)7-4-2;1-2(3)4;1-2;/h3,5,9,15H,2,4,6-8,10H2,1H3;3-10H,2H2,1H3;1-6H;3H,1,4H2,2H3;1H3,(H,3,4);1H3;1H/b;6-4+;;;;;/i;;;;;1D;. The Balaban J connectivity index is 0.000000758. The maximum absolute atomic E-state index is 11.3. The van der Waals surface area contributed by atoms with Crippen LogP contribution in [0.5, 0.6) is 0 Å². The van der Waals surface area contributed by atoms with Crippen LogP contribution >= 0.6 is 28.3 Å². The van der Waals surface area contributed by atoms with Crippen LogP contribution in [-0.4, -0.2) is 72.5 Å². The van der Waals surface area contributed by atoms with Crippen LogP contribution in [0, 0.1) is 0 Å². The number of nitrogens with zero attached hydrogens (tertiary/aromatic N) is 2. The number of nitrogens with one attached hydrogen (secondary N) is 1. The molecule has 0 aliphatic carbocycles. The average molecular weight is 900 g/mol. The third kappa shape index (κ3) is 23.5. The third-order valence-electron chi connectivity index (χ3n) is 7.50. The summed E-state index contributed by atoms with van der Waals surface area (Å²) in [5, 5.41) is 15.4. The molecule has 14 heteroatoms. The summed E-state index contributed by atoms with van der Waals surface area (Å²) in [6, 6.07) is 22.5. The van der Waals surface area contributed by atoms with Gasteiger partial charge in [-0.3, -0.25) is 23.9 Å². The number of carbonyl (C=O) groups is 4. The second-order valence-corrected chi connectivity index (χ2v) is 12.7. The number of alkyl halides is 1. The van der Waals surface area contributed by atoms with Gasteiger partial charge in [-0.15, -0.1) is 12.4 Å². The zero-order valence-corrected chi connectivity index (χ0v) is 36.2. The number of aromatic nitrogens is 2. The Bertz CT molecular complexity index is 2090. The molecule has 0 atom stereocenters. The Kier molecular flexibility index (Phi) is 28.3. The third-order valence-corrected chi connectivity index (χ3v) is 7.99. The van der Waals surface area contributed by atoms with Gasteiger partial charge in [-0.25, -0.2) is 9.59 Å². The molecule has 3 heterocycles. The lowest BCUT2D eigenvalue weighted by Gasteiger charge is -2.17. The Hall–Kier alpha value is -5.50. The highest BCUT2D eigenvalue weighted by Gasteiger charge is 2.10. The molecular formula is C45H54BrClFN3O8. The smallest absolute Gasteiger partial charge is 0.330 e. The highest BCUT2D eigenvalue weighted by Crippen LogP contribution is 2.19. The lowest BCUT2D eigenvalue weighted by Crippen LogP contribution is -2.23. The molecule has 2 N–H and O–H groups in total. The van der Waals surface area contributed by atoms with E-state index in [1.165, 1.54) is 33.5 Å². The van der Waals surface area contributed by atoms with Crippen LogP contribution < -0.4 is 5.32 Å². The maximum atomic E-state index is 11.3. The molecule has 0 bridgehead atoms. The van der Waals surface area contributed by atoms with Gasteiger partial charge in [0.2, 0.25) is 0 Å². The minimum absolute atomic E-state index is 0. The number of aliphatic carboxylic acids is 1. The number of benzene rings is 3. The van der Waals surface area contributed by atoms with Crippen LogP contribution in [0.1, 0.15) is 57.7 Å². The van der Waals surface area contributed by atoms with Crippen molar-refractivity contribution in [3.63, 3.8) is 0 Å². The quantitative estimate of drug-likeness (QED) is 0.0826. The van der Waals surface area contributed by atoms with Crippen molar-refractivity contribution >= 4 is 79.8 Å². The van der Waals surface area contributed by atoms with Gasteiger partial charge in [-0.1, -0.05) is 58.9 Å². The van der Waals surface area contributed by atoms with Gasteiger partial charge in [0, 0.05) is 72.1 Å². The summed E-state index contributed by atoms with van der Waals surface area (Å²) in [4.78, 5) is 49.6. The average Bonchev–Trinajstić information content (AvgIpc) is 3.23. The fourth-order valence-corrected chi connectivity index (χ4v) is 5.36. The fourth-order valence-electron chi connectivity index (χ4n) is 4.98. The molecule has 1 aliphatic heterocycles. The number of aryl methyl sites for hydroxylation is 1. The SMILES string of the molecule is Brc1ccc2cnccc2c1.C=CC(=O)OCC.CC(=O)O.CCOC(=O)/C=C/c1ccc2cnccc2c1.CCOC(=O)CCc1ccc2c(c1)CCNC2.Cl.[2H]CF. The van der Waals surface area contributed by atoms with Crippen LogP contribution in [0.4, 0.5) is 4.39 Å². The molecule has 0 unspecified atom stereocenters. The van der Waals surface area contributed by atoms with Crippen molar-refractivity contribution in [1.29, 1.82) is 0 Å². The van der Waals surface area contributed by atoms with Crippen molar-refractivity contribution in [3.8, 4) is 0 Å². The zero-order chi connectivity index (χ0) is 43.8. The Morgan fingerprint density at radius 1 is 0.847 bits per heavy atom. The molecule has 59 heavy (non-hydrogen) atoms. The molecule has 0 fully saturated rings. The normalized spacial score (nSPS) is 10.8. The summed E-state index contributed by atoms with van der Waals surface area (Å²) in [6.07, 6.45) is 13.9. The highest BCUT2D eigenvalue weighted by atomic mass is 79.9. The predicted octanol–water partition coefficient (Wildman–Crippen LogP) is 9.47. The molecule has 3 aromatic carbocycles. The molecule has 0 amide bonds. The van der Waals surface area contributed by atoms with E-state index in [4.69, 9.17) is 20.7 Å². The number of carboxylic acid groups (broad SMARTS) is 1. The lowest BCUT2D eigenvalue weighted by atomic mass is 9.97. The first-order chi connectivity index (χ1) is 28.4. The van der Waals surface area contributed by atoms with E-state index in [2.05, 4.69) is 66.8 Å². The Labute approximate surface area is 362 Å². The largest absolute Gasteiger partial charge is 0.481 e. The number of esters is 3. The number of pyridine rings is 2. The number of hydrogen-bond donors (Lipinski definition) is 2. The molecule has 0 saturated carbocycles. The van der Waals surface area contributed by atoms with Gasteiger partial charge in [0.1, 0.15) is 0 Å². The molecular weight excluding hydrogens is 845 g/mol. The van der Waals surface area contributed by atoms with Gasteiger partial charge in [-0.2, -0.15) is 0 Å². The van der Waals surface area contributed by atoms with Crippen molar-refractivity contribution in [2.45, 2.75) is 53.5 Å². The fraction of sp³-hybridized carbons (Fsp3) is 0.289. The van der Waals surface area contributed by atoms with Gasteiger partial charge < -0.3 is 24.6 Å². The van der Waals surface area contributed by atoms with Gasteiger partial charge in [0.25, 0.3) is 5.97 Å². The van der Waals surface area contributed by atoms with Crippen molar-refractivity contribution in [2.24, 2.45) is 0 Å². The highest BCUT2D eigenvalue weighted by molar-refractivity contribution is 9.10. The van der Waals surface area contributed by atoms with E-state index in [9.17, 15) is 18.8 Å². The summed E-state index contributed by atoms with van der Waals surface area (Å²) >= 11 is 3.41. The van der Waals surface area contributed by atoms with E-state index in [1.807, 2.05) is 61.8 Å². The van der Waals surface area contributed by atoms with Crippen molar-refractivity contribution in [1.82, 2.24) is 15.3 Å². The van der Waals surface area contributed by atoms with Gasteiger partial charge in [-0.05, 0) is 110 Å². The molecule has 2 aromatic heterocycles. The van der Waals surface area contributed by atoms with Crippen molar-refractivity contribution in [2.75, 3.05) is 33.5 Å². The van der Waals surface area contributed by atoms with Crippen LogP contribution in [0.15, 0.2) is 115 Å². The minimum atomic E-state index is -1.00. The number of hydrogen-bond acceptors (Lipinski definition) is 10. The molecule has 0 saturated heterocycles. The van der Waals surface area contributed by atoms with Crippen LogP contribution in [0.2, 0.25) is 0 Å². The number of rotatable bonds is 9. The summed E-state index contributed by atoms with van der Waals surface area (Å²) in [5.74, 6) is -1.61. The second kappa shape index (κ2) is 32.5. The molecule has 6 rings (SSSR count). The zero-order valence-electron chi connectivity index (χ0n) is 34.8. The molecule has 1 aliphatic rings. The van der Waals surface area contributed by atoms with E-state index < -0.39 is 13.1 Å². The predicted molar refractivity (Wildman–Crippen MR) is 238 cm³/mol. The first-order valence-electron chi connectivity index (χ1n) is 19.1. The number of carboxylic acids is 1. The summed E-state index contributed by atoms with van der Waals surface area (Å²) in [7, 11) is -1.00. The van der Waals surface area contributed by atoms with Crippen molar-refractivity contribution in [3.05, 3.63) is 137 Å². The van der Waals surface area contributed by atoms with E-state index in [-0.39, 0.29) is 30.3 Å². The van der Waals surface area contributed by atoms with E-state index in [1.54, 1.807) is 32.3 Å². The number of fused-ring (bicyclic) bond motifs is 3. The van der Waals surface area contributed by atoms with Crippen LogP contribution in [0.3, 0.4) is 0 Å². The number of halogens is 3. The van der Waals surface area contributed by atoms with E-state index in [0.29, 0.717) is 26.2 Å².